The Balaban J connectivity index is 1.10. The van der Waals surface area contributed by atoms with Crippen LogP contribution in [0.25, 0.3) is 11.2 Å². The van der Waals surface area contributed by atoms with Crippen LogP contribution in [-0.2, 0) is 22.2 Å². The van der Waals surface area contributed by atoms with Gasteiger partial charge in [-0.2, -0.15) is 0 Å². The number of ether oxygens (including phenoxy) is 3. The fraction of sp³-hybridized carbons (Fsp3) is 0.175. The summed E-state index contributed by atoms with van der Waals surface area (Å²) in [5, 5.41) is 33.7. The summed E-state index contributed by atoms with van der Waals surface area (Å²) >= 11 is 0. The van der Waals surface area contributed by atoms with Crippen LogP contribution in [-0.4, -0.2) is 68.3 Å². The summed E-state index contributed by atoms with van der Waals surface area (Å²) in [6, 6.07) is 65.4. The van der Waals surface area contributed by atoms with Crippen LogP contribution in [0.2, 0.25) is 0 Å². The standard InChI is InChI=1S/C57H52N6O5/c1-66-46-32-28-42(29-33-46)56(40-20-10-4-11-21-40,41-22-12-5-13-23-41)52(65)51-48(58-36-39-18-8-3-9-19-39)50(64)55(68-51)63-38-61-49-53(59-37-60-54(49)63)62-57(43-24-14-6-15-25-43,44-26-16-7-17-27-44)45-30-34-47(67-2)35-31-45/h3-35,37-38,48,50-52,55,58,64-65H,36H2,1-2H3,(H,59,60,62)/t48-,50+,51-,52?,55+/m0/s1. The average molecular weight is 901 g/mol. The number of rotatable bonds is 16. The minimum Gasteiger partial charge on any atom is -0.497 e. The first-order chi connectivity index (χ1) is 33.4. The predicted molar refractivity (Wildman–Crippen MR) is 263 cm³/mol. The van der Waals surface area contributed by atoms with Gasteiger partial charge >= 0.3 is 0 Å². The maximum Gasteiger partial charge on any atom is 0.167 e. The lowest BCUT2D eigenvalue weighted by molar-refractivity contribution is -0.0877. The van der Waals surface area contributed by atoms with Crippen LogP contribution in [0, 0.1) is 0 Å². The molecule has 11 heteroatoms. The van der Waals surface area contributed by atoms with Gasteiger partial charge in [0, 0.05) is 6.54 Å². The van der Waals surface area contributed by atoms with E-state index in [1.54, 1.807) is 25.1 Å². The van der Waals surface area contributed by atoms with Crippen molar-refractivity contribution in [1.82, 2.24) is 24.8 Å². The number of aromatic nitrogens is 4. The van der Waals surface area contributed by atoms with Crippen molar-refractivity contribution in [3.8, 4) is 11.5 Å². The number of aliphatic hydroxyl groups excluding tert-OH is 2. The molecule has 11 nitrogen and oxygen atoms in total. The molecule has 7 aromatic carbocycles. The summed E-state index contributed by atoms with van der Waals surface area (Å²) in [6.45, 7) is 0.404. The summed E-state index contributed by atoms with van der Waals surface area (Å²) in [5.41, 5.74) is 5.17. The number of fused-ring (bicyclic) bond motifs is 1. The lowest BCUT2D eigenvalue weighted by atomic mass is 9.64. The second kappa shape index (κ2) is 19.3. The lowest BCUT2D eigenvalue weighted by Gasteiger charge is -2.43. The van der Waals surface area contributed by atoms with E-state index < -0.39 is 41.5 Å². The lowest BCUT2D eigenvalue weighted by Crippen LogP contribution is -2.56. The van der Waals surface area contributed by atoms with Gasteiger partial charge in [0.25, 0.3) is 0 Å². The van der Waals surface area contributed by atoms with E-state index in [9.17, 15) is 10.2 Å². The highest BCUT2D eigenvalue weighted by Gasteiger charge is 2.55. The highest BCUT2D eigenvalue weighted by molar-refractivity contribution is 5.84. The van der Waals surface area contributed by atoms with E-state index >= 15 is 0 Å². The van der Waals surface area contributed by atoms with Gasteiger partial charge in [0.15, 0.2) is 23.2 Å². The smallest absolute Gasteiger partial charge is 0.167 e. The van der Waals surface area contributed by atoms with Crippen molar-refractivity contribution in [3.05, 3.63) is 252 Å². The summed E-state index contributed by atoms with van der Waals surface area (Å²) in [5.74, 6) is 1.88. The number of methoxy groups -OCH3 is 2. The molecule has 0 amide bonds. The van der Waals surface area contributed by atoms with E-state index in [4.69, 9.17) is 29.2 Å². The van der Waals surface area contributed by atoms with Gasteiger partial charge in [0.2, 0.25) is 0 Å². The minimum atomic E-state index is -1.27. The average Bonchev–Trinajstić information content (AvgIpc) is 3.99. The zero-order valence-corrected chi connectivity index (χ0v) is 37.7. The molecule has 0 spiro atoms. The van der Waals surface area contributed by atoms with Gasteiger partial charge in [-0.05, 0) is 63.2 Å². The Hall–Kier alpha value is -7.67. The summed E-state index contributed by atoms with van der Waals surface area (Å²) < 4.78 is 20.0. The number of nitrogens with zero attached hydrogens (tertiary/aromatic N) is 4. The number of imidazole rings is 1. The predicted octanol–water partition coefficient (Wildman–Crippen LogP) is 9.06. The minimum absolute atomic E-state index is 0.404. The number of aliphatic hydroxyl groups is 2. The molecule has 340 valence electrons. The molecule has 1 unspecified atom stereocenters. The molecule has 68 heavy (non-hydrogen) atoms. The van der Waals surface area contributed by atoms with Crippen molar-refractivity contribution in [1.29, 1.82) is 0 Å². The van der Waals surface area contributed by atoms with Crippen LogP contribution < -0.4 is 20.1 Å². The molecule has 1 aliphatic heterocycles. The third-order valence-corrected chi connectivity index (χ3v) is 13.3. The fourth-order valence-corrected chi connectivity index (χ4v) is 10.0. The molecule has 0 aliphatic carbocycles. The number of benzene rings is 7. The molecule has 0 saturated carbocycles. The van der Waals surface area contributed by atoms with Crippen LogP contribution in [0.1, 0.15) is 45.2 Å². The highest BCUT2D eigenvalue weighted by Crippen LogP contribution is 2.48. The first-order valence-corrected chi connectivity index (χ1v) is 22.7. The van der Waals surface area contributed by atoms with Crippen molar-refractivity contribution in [2.75, 3.05) is 19.5 Å². The SMILES string of the molecule is COc1ccc(C(Nc2ncnc3c2ncn3[C@@H]2O[C@H](C(O)C(c3ccccc3)(c3ccccc3)c3ccc(OC)cc3)[C@@H](NCc3ccccc3)[C@H]2O)(c2ccccc2)c2ccccc2)cc1. The molecule has 0 radical (unpaired) electrons. The van der Waals surface area contributed by atoms with Crippen molar-refractivity contribution >= 4 is 17.0 Å². The fourth-order valence-electron chi connectivity index (χ4n) is 10.0. The molecular formula is C57H52N6O5. The Morgan fingerprint density at radius 2 is 1.04 bits per heavy atom. The maximum atomic E-state index is 13.5. The van der Waals surface area contributed by atoms with E-state index in [1.807, 2.05) is 164 Å². The van der Waals surface area contributed by atoms with Gasteiger partial charge in [0.1, 0.15) is 35.6 Å². The van der Waals surface area contributed by atoms with Crippen molar-refractivity contribution in [3.63, 3.8) is 0 Å². The van der Waals surface area contributed by atoms with Gasteiger partial charge in [-0.1, -0.05) is 176 Å². The monoisotopic (exact) mass is 900 g/mol. The largest absolute Gasteiger partial charge is 0.497 e. The van der Waals surface area contributed by atoms with Gasteiger partial charge in [-0.3, -0.25) is 4.57 Å². The first kappa shape index (κ1) is 44.2. The van der Waals surface area contributed by atoms with Crippen LogP contribution in [0.15, 0.2) is 213 Å². The van der Waals surface area contributed by atoms with E-state index in [2.05, 4.69) is 47.0 Å². The normalized spacial score (nSPS) is 17.7. The molecule has 3 heterocycles. The molecule has 2 aromatic heterocycles. The zero-order valence-electron chi connectivity index (χ0n) is 37.7. The second-order valence-corrected chi connectivity index (χ2v) is 17.0. The molecule has 1 fully saturated rings. The molecule has 9 aromatic rings. The Kier molecular flexibility index (Phi) is 12.5. The molecule has 1 aliphatic rings. The number of hydrogen-bond donors (Lipinski definition) is 4. The molecule has 4 N–H and O–H groups in total. The highest BCUT2D eigenvalue weighted by atomic mass is 16.5. The molecular weight excluding hydrogens is 849 g/mol. The maximum absolute atomic E-state index is 13.5. The van der Waals surface area contributed by atoms with Crippen LogP contribution in [0.3, 0.4) is 0 Å². The zero-order chi connectivity index (χ0) is 46.5. The quantitative estimate of drug-likeness (QED) is 0.0696. The summed E-state index contributed by atoms with van der Waals surface area (Å²) in [6.07, 6.45) is -1.35. The third kappa shape index (κ3) is 7.95. The van der Waals surface area contributed by atoms with Crippen molar-refractivity contribution < 1.29 is 24.4 Å². The Labute approximate surface area is 395 Å². The third-order valence-electron chi connectivity index (χ3n) is 13.3. The summed E-state index contributed by atoms with van der Waals surface area (Å²) in [7, 11) is 3.29. The Bertz CT molecular complexity index is 2960. The van der Waals surface area contributed by atoms with Crippen LogP contribution in [0.4, 0.5) is 5.82 Å². The van der Waals surface area contributed by atoms with Gasteiger partial charge < -0.3 is 35.1 Å². The van der Waals surface area contributed by atoms with Gasteiger partial charge in [0.05, 0.1) is 38.1 Å². The summed E-state index contributed by atoms with van der Waals surface area (Å²) in [4.78, 5) is 14.6. The van der Waals surface area contributed by atoms with E-state index in [0.717, 1.165) is 44.7 Å². The van der Waals surface area contributed by atoms with E-state index in [0.29, 0.717) is 29.3 Å². The van der Waals surface area contributed by atoms with Crippen molar-refractivity contribution in [2.24, 2.45) is 0 Å². The Morgan fingerprint density at radius 1 is 0.588 bits per heavy atom. The van der Waals surface area contributed by atoms with Crippen molar-refractivity contribution in [2.45, 2.75) is 48.1 Å². The number of hydrogen-bond acceptors (Lipinski definition) is 10. The van der Waals surface area contributed by atoms with Gasteiger partial charge in [-0.15, -0.1) is 0 Å². The van der Waals surface area contributed by atoms with Crippen LogP contribution in [0.5, 0.6) is 11.5 Å². The topological polar surface area (TPSA) is 136 Å². The van der Waals surface area contributed by atoms with Crippen LogP contribution >= 0.6 is 0 Å². The Morgan fingerprint density at radius 3 is 1.56 bits per heavy atom. The van der Waals surface area contributed by atoms with E-state index in [1.165, 1.54) is 6.33 Å². The first-order valence-electron chi connectivity index (χ1n) is 22.7. The molecule has 10 rings (SSSR count). The molecule has 0 bridgehead atoms. The number of nitrogens with one attached hydrogen (secondary N) is 2. The van der Waals surface area contributed by atoms with E-state index in [-0.39, 0.29) is 0 Å². The van der Waals surface area contributed by atoms with Gasteiger partial charge in [-0.25, -0.2) is 15.0 Å². The molecule has 1 saturated heterocycles. The number of anilines is 1. The second-order valence-electron chi connectivity index (χ2n) is 17.0. The molecule has 5 atom stereocenters.